The molecule has 8 nitrogen and oxygen atoms in total. The summed E-state index contributed by atoms with van der Waals surface area (Å²) in [6.07, 6.45) is 7.06. The number of carbonyl (C=O) groups excluding carboxylic acids is 3. The minimum Gasteiger partial charge on any atom is -0.383 e. The van der Waals surface area contributed by atoms with Crippen molar-refractivity contribution in [3.8, 4) is 0 Å². The van der Waals surface area contributed by atoms with Crippen LogP contribution in [0.3, 0.4) is 0 Å². The second kappa shape index (κ2) is 16.1. The third kappa shape index (κ3) is 10.4. The third-order valence-corrected chi connectivity index (χ3v) is 5.61. The number of carbonyl (C=O) groups is 3. The van der Waals surface area contributed by atoms with E-state index in [4.69, 9.17) is 9.47 Å². The normalized spacial score (nSPS) is 21.1. The fourth-order valence-corrected chi connectivity index (χ4v) is 3.89. The lowest BCUT2D eigenvalue weighted by molar-refractivity contribution is -0.135. The Bertz CT molecular complexity index is 485. The molecule has 1 fully saturated rings. The summed E-state index contributed by atoms with van der Waals surface area (Å²) in [5, 5.41) is 8.71. The van der Waals surface area contributed by atoms with Crippen molar-refractivity contribution in [2.75, 3.05) is 47.1 Å². The van der Waals surface area contributed by atoms with Gasteiger partial charge in [0.15, 0.2) is 0 Å². The molecule has 3 amide bonds. The Hall–Kier alpha value is -1.67. The molecule has 1 aliphatic carbocycles. The van der Waals surface area contributed by atoms with Gasteiger partial charge in [0.1, 0.15) is 0 Å². The fourth-order valence-electron chi connectivity index (χ4n) is 3.89. The van der Waals surface area contributed by atoms with Gasteiger partial charge in [0.05, 0.1) is 13.2 Å². The maximum absolute atomic E-state index is 12.7. The van der Waals surface area contributed by atoms with Crippen LogP contribution in [0.25, 0.3) is 0 Å². The second-order valence-electron chi connectivity index (χ2n) is 8.07. The third-order valence-electron chi connectivity index (χ3n) is 5.61. The first-order chi connectivity index (χ1) is 14.5. The molecule has 0 bridgehead atoms. The molecular weight excluding hydrogens is 386 g/mol. The van der Waals surface area contributed by atoms with Crippen molar-refractivity contribution in [1.29, 1.82) is 0 Å². The Labute approximate surface area is 181 Å². The lowest BCUT2D eigenvalue weighted by Crippen LogP contribution is -2.45. The summed E-state index contributed by atoms with van der Waals surface area (Å²) in [4.78, 5) is 37.9. The number of hydrogen-bond donors (Lipinski definition) is 3. The largest absolute Gasteiger partial charge is 0.383 e. The van der Waals surface area contributed by atoms with E-state index in [2.05, 4.69) is 22.9 Å². The minimum atomic E-state index is -0.353. The van der Waals surface area contributed by atoms with Gasteiger partial charge in [-0.3, -0.25) is 14.4 Å². The number of hydrogen-bond acceptors (Lipinski definition) is 5. The monoisotopic (exact) mass is 427 g/mol. The molecule has 0 saturated heterocycles. The molecule has 1 saturated carbocycles. The molecule has 0 aromatic carbocycles. The van der Waals surface area contributed by atoms with E-state index in [1.165, 1.54) is 19.3 Å². The van der Waals surface area contributed by atoms with Crippen LogP contribution in [0.1, 0.15) is 58.3 Å². The molecule has 0 spiro atoms. The first-order valence-electron chi connectivity index (χ1n) is 11.3. The van der Waals surface area contributed by atoms with Gasteiger partial charge in [0.25, 0.3) is 0 Å². The van der Waals surface area contributed by atoms with Crippen molar-refractivity contribution in [3.63, 3.8) is 0 Å². The van der Waals surface area contributed by atoms with Crippen molar-refractivity contribution in [1.82, 2.24) is 16.0 Å². The SMILES string of the molecule is CCCCCCCNC(=O)C1CC(C(=O)NCCOC)CC(C(=O)NCCOC)C1. The number of ether oxygens (including phenoxy) is 2. The maximum Gasteiger partial charge on any atom is 0.223 e. The zero-order chi connectivity index (χ0) is 22.2. The van der Waals surface area contributed by atoms with Gasteiger partial charge >= 0.3 is 0 Å². The lowest BCUT2D eigenvalue weighted by atomic mass is 9.74. The highest BCUT2D eigenvalue weighted by molar-refractivity contribution is 5.85. The molecule has 30 heavy (non-hydrogen) atoms. The van der Waals surface area contributed by atoms with E-state index in [9.17, 15) is 14.4 Å². The van der Waals surface area contributed by atoms with Crippen LogP contribution in [0.2, 0.25) is 0 Å². The summed E-state index contributed by atoms with van der Waals surface area (Å²) < 4.78 is 9.96. The van der Waals surface area contributed by atoms with Crippen molar-refractivity contribution in [2.24, 2.45) is 17.8 Å². The van der Waals surface area contributed by atoms with Gasteiger partial charge in [0.2, 0.25) is 17.7 Å². The molecule has 174 valence electrons. The number of rotatable bonds is 15. The van der Waals surface area contributed by atoms with Crippen LogP contribution in [0, 0.1) is 17.8 Å². The van der Waals surface area contributed by atoms with E-state index in [1.54, 1.807) is 14.2 Å². The topological polar surface area (TPSA) is 106 Å². The van der Waals surface area contributed by atoms with Crippen LogP contribution in [-0.2, 0) is 23.9 Å². The summed E-state index contributed by atoms with van der Waals surface area (Å²) in [6.45, 7) is 4.53. The highest BCUT2D eigenvalue weighted by Gasteiger charge is 2.38. The Morgan fingerprint density at radius 1 is 0.667 bits per heavy atom. The van der Waals surface area contributed by atoms with E-state index < -0.39 is 0 Å². The Balaban J connectivity index is 2.62. The van der Waals surface area contributed by atoms with Crippen LogP contribution >= 0.6 is 0 Å². The zero-order valence-corrected chi connectivity index (χ0v) is 19.0. The first-order valence-corrected chi connectivity index (χ1v) is 11.3. The Morgan fingerprint density at radius 3 is 1.47 bits per heavy atom. The lowest BCUT2D eigenvalue weighted by Gasteiger charge is -2.33. The van der Waals surface area contributed by atoms with Gasteiger partial charge in [-0.05, 0) is 25.7 Å². The van der Waals surface area contributed by atoms with Gasteiger partial charge in [-0.15, -0.1) is 0 Å². The van der Waals surface area contributed by atoms with E-state index in [-0.39, 0.29) is 35.5 Å². The van der Waals surface area contributed by atoms with E-state index in [0.717, 1.165) is 12.8 Å². The molecule has 2 unspecified atom stereocenters. The summed E-state index contributed by atoms with van der Waals surface area (Å²) in [5.74, 6) is -1.30. The van der Waals surface area contributed by atoms with Crippen LogP contribution < -0.4 is 16.0 Å². The van der Waals surface area contributed by atoms with Crippen molar-refractivity contribution >= 4 is 17.7 Å². The number of amides is 3. The van der Waals surface area contributed by atoms with Gasteiger partial charge in [-0.1, -0.05) is 32.6 Å². The van der Waals surface area contributed by atoms with Gasteiger partial charge in [-0.25, -0.2) is 0 Å². The predicted octanol–water partition coefficient (Wildman–Crippen LogP) is 1.63. The molecule has 1 rings (SSSR count). The standard InChI is InChI=1S/C22H41N3O5/c1-4-5-6-7-8-9-23-20(26)17-14-18(21(27)24-10-12-29-2)16-19(15-17)22(28)25-11-13-30-3/h17-19H,4-16H2,1-3H3,(H,23,26)(H,24,27)(H,25,28). The molecule has 0 aromatic rings. The average molecular weight is 428 g/mol. The second-order valence-corrected chi connectivity index (χ2v) is 8.07. The average Bonchev–Trinajstić information content (AvgIpc) is 2.75. The molecule has 0 radical (unpaired) electrons. The first kappa shape index (κ1) is 26.4. The fraction of sp³-hybridized carbons (Fsp3) is 0.864. The Morgan fingerprint density at radius 2 is 1.07 bits per heavy atom. The van der Waals surface area contributed by atoms with Gasteiger partial charge < -0.3 is 25.4 Å². The van der Waals surface area contributed by atoms with Crippen molar-refractivity contribution in [3.05, 3.63) is 0 Å². The minimum absolute atomic E-state index is 0.0467. The molecule has 2 atom stereocenters. The van der Waals surface area contributed by atoms with E-state index >= 15 is 0 Å². The zero-order valence-electron chi connectivity index (χ0n) is 19.0. The summed E-state index contributed by atoms with van der Waals surface area (Å²) >= 11 is 0. The molecule has 8 heteroatoms. The van der Waals surface area contributed by atoms with E-state index in [0.29, 0.717) is 52.1 Å². The van der Waals surface area contributed by atoms with Crippen LogP contribution in [0.5, 0.6) is 0 Å². The molecular formula is C22H41N3O5. The van der Waals surface area contributed by atoms with E-state index in [1.807, 2.05) is 0 Å². The molecule has 0 heterocycles. The molecule has 0 aliphatic heterocycles. The molecule has 0 aromatic heterocycles. The van der Waals surface area contributed by atoms with Crippen molar-refractivity contribution < 1.29 is 23.9 Å². The maximum atomic E-state index is 12.7. The summed E-state index contributed by atoms with van der Waals surface area (Å²) in [7, 11) is 3.16. The predicted molar refractivity (Wildman–Crippen MR) is 116 cm³/mol. The highest BCUT2D eigenvalue weighted by atomic mass is 16.5. The molecule has 1 aliphatic rings. The quantitative estimate of drug-likeness (QED) is 0.345. The Kier molecular flexibility index (Phi) is 14.1. The van der Waals surface area contributed by atoms with Crippen molar-refractivity contribution in [2.45, 2.75) is 58.3 Å². The number of unbranched alkanes of at least 4 members (excludes halogenated alkanes) is 4. The van der Waals surface area contributed by atoms with Gasteiger partial charge in [0, 0.05) is 51.6 Å². The summed E-state index contributed by atoms with van der Waals surface area (Å²) in [5.41, 5.74) is 0. The number of nitrogens with one attached hydrogen (secondary N) is 3. The highest BCUT2D eigenvalue weighted by Crippen LogP contribution is 2.34. The molecule has 3 N–H and O–H groups in total. The van der Waals surface area contributed by atoms with Gasteiger partial charge in [-0.2, -0.15) is 0 Å². The van der Waals surface area contributed by atoms with Crippen LogP contribution in [0.4, 0.5) is 0 Å². The summed E-state index contributed by atoms with van der Waals surface area (Å²) in [6, 6.07) is 0. The number of methoxy groups -OCH3 is 2. The van der Waals surface area contributed by atoms with Crippen LogP contribution in [-0.4, -0.2) is 64.8 Å². The van der Waals surface area contributed by atoms with Crippen LogP contribution in [0.15, 0.2) is 0 Å². The smallest absolute Gasteiger partial charge is 0.223 e.